The minimum absolute atomic E-state index is 0.132. The molecule has 0 radical (unpaired) electrons. The first-order chi connectivity index (χ1) is 15.5. The Morgan fingerprint density at radius 1 is 1.31 bits per heavy atom. The number of aliphatic imine (C=N–C) groups is 1. The molecule has 11 heteroatoms. The number of likely N-dealkylation sites (tertiary alicyclic amines) is 1. The van der Waals surface area contributed by atoms with E-state index in [1.54, 1.807) is 40.2 Å². The van der Waals surface area contributed by atoms with Crippen molar-refractivity contribution in [1.29, 1.82) is 0 Å². The molecule has 1 aliphatic rings. The van der Waals surface area contributed by atoms with Crippen LogP contribution in [-0.2, 0) is 4.79 Å². The molecule has 32 heavy (non-hydrogen) atoms. The fraction of sp³-hybridized carbons (Fsp3) is 0.286. The summed E-state index contributed by atoms with van der Waals surface area (Å²) in [6.45, 7) is 0.674. The molecule has 1 fully saturated rings. The van der Waals surface area contributed by atoms with Gasteiger partial charge in [0, 0.05) is 42.5 Å². The SMILES string of the molecule is NC=CC=Nc1ccc(-c2cnn3c(N)c(Br)c(C4CCN(C(=O)CO)CC4)nc23)cn1. The van der Waals surface area contributed by atoms with Crippen LogP contribution in [0.4, 0.5) is 11.6 Å². The maximum Gasteiger partial charge on any atom is 0.248 e. The summed E-state index contributed by atoms with van der Waals surface area (Å²) < 4.78 is 2.31. The molecule has 1 saturated heterocycles. The van der Waals surface area contributed by atoms with Crippen LogP contribution < -0.4 is 11.5 Å². The number of aliphatic hydroxyl groups is 1. The lowest BCUT2D eigenvalue weighted by molar-refractivity contribution is -0.135. The number of halogens is 1. The van der Waals surface area contributed by atoms with Gasteiger partial charge in [-0.25, -0.2) is 15.0 Å². The molecule has 0 saturated carbocycles. The number of amides is 1. The number of fused-ring (bicyclic) bond motifs is 1. The van der Waals surface area contributed by atoms with E-state index in [1.165, 1.54) is 6.20 Å². The highest BCUT2D eigenvalue weighted by Gasteiger charge is 2.28. The molecule has 0 atom stereocenters. The van der Waals surface area contributed by atoms with Crippen LogP contribution in [0.1, 0.15) is 24.5 Å². The Morgan fingerprint density at radius 2 is 2.09 bits per heavy atom. The minimum Gasteiger partial charge on any atom is -0.405 e. The molecule has 3 aromatic rings. The summed E-state index contributed by atoms with van der Waals surface area (Å²) in [6.07, 6.45) is 9.50. The summed E-state index contributed by atoms with van der Waals surface area (Å²) in [4.78, 5) is 26.9. The molecule has 4 heterocycles. The average molecular weight is 499 g/mol. The molecule has 4 rings (SSSR count). The molecular formula is C21H23BrN8O2. The second kappa shape index (κ2) is 9.45. The predicted molar refractivity (Wildman–Crippen MR) is 125 cm³/mol. The van der Waals surface area contributed by atoms with Crippen LogP contribution in [0.5, 0.6) is 0 Å². The zero-order chi connectivity index (χ0) is 22.7. The van der Waals surface area contributed by atoms with Crippen LogP contribution >= 0.6 is 15.9 Å². The number of nitrogens with two attached hydrogens (primary N) is 2. The highest BCUT2D eigenvalue weighted by molar-refractivity contribution is 9.10. The number of aliphatic hydroxyl groups excluding tert-OH is 1. The Morgan fingerprint density at radius 3 is 2.75 bits per heavy atom. The molecular weight excluding hydrogens is 476 g/mol. The molecule has 166 valence electrons. The van der Waals surface area contributed by atoms with Crippen LogP contribution in [0.15, 0.2) is 46.3 Å². The Bertz CT molecular complexity index is 1180. The predicted octanol–water partition coefficient (Wildman–Crippen LogP) is 2.01. The number of aromatic nitrogens is 4. The Labute approximate surface area is 192 Å². The number of rotatable bonds is 5. The van der Waals surface area contributed by atoms with Gasteiger partial charge in [0.2, 0.25) is 5.91 Å². The van der Waals surface area contributed by atoms with Crippen molar-refractivity contribution in [3.8, 4) is 11.1 Å². The number of pyridine rings is 1. The van der Waals surface area contributed by atoms with Crippen molar-refractivity contribution < 1.29 is 9.90 Å². The number of nitrogen functional groups attached to an aromatic ring is 1. The standard InChI is InChI=1S/C21H23BrN8O2/c22-18-19(13-4-8-29(9-5-13)17(32)12-31)28-21-15(11-27-30(21)20(18)24)14-2-3-16(26-10-14)25-7-1-6-23/h1-3,6-7,10-11,13,31H,4-5,8-9,12,23-24H2. The third kappa shape index (κ3) is 4.21. The quantitative estimate of drug-likeness (QED) is 0.455. The topological polar surface area (TPSA) is 148 Å². The van der Waals surface area contributed by atoms with Crippen molar-refractivity contribution in [3.05, 3.63) is 47.0 Å². The van der Waals surface area contributed by atoms with Gasteiger partial charge >= 0.3 is 0 Å². The number of anilines is 1. The van der Waals surface area contributed by atoms with Crippen molar-refractivity contribution in [3.63, 3.8) is 0 Å². The first-order valence-corrected chi connectivity index (χ1v) is 10.9. The van der Waals surface area contributed by atoms with Crippen LogP contribution in [0.25, 0.3) is 16.8 Å². The van der Waals surface area contributed by atoms with E-state index >= 15 is 0 Å². The second-order valence-electron chi connectivity index (χ2n) is 7.37. The molecule has 0 spiro atoms. The van der Waals surface area contributed by atoms with Gasteiger partial charge in [-0.2, -0.15) is 9.61 Å². The number of carbonyl (C=O) groups excluding carboxylic acids is 1. The van der Waals surface area contributed by atoms with Gasteiger partial charge in [-0.15, -0.1) is 0 Å². The summed E-state index contributed by atoms with van der Waals surface area (Å²) >= 11 is 3.59. The number of carbonyl (C=O) groups is 1. The van der Waals surface area contributed by atoms with E-state index in [2.05, 4.69) is 31.0 Å². The molecule has 5 N–H and O–H groups in total. The highest BCUT2D eigenvalue weighted by atomic mass is 79.9. The van der Waals surface area contributed by atoms with E-state index in [1.807, 2.05) is 6.07 Å². The largest absolute Gasteiger partial charge is 0.405 e. The summed E-state index contributed by atoms with van der Waals surface area (Å²) in [5.41, 5.74) is 14.8. The molecule has 1 aliphatic heterocycles. The molecule has 0 unspecified atom stereocenters. The maximum absolute atomic E-state index is 11.8. The van der Waals surface area contributed by atoms with Crippen molar-refractivity contribution in [2.75, 3.05) is 25.4 Å². The normalized spacial score (nSPS) is 15.4. The maximum atomic E-state index is 11.8. The lowest BCUT2D eigenvalue weighted by atomic mass is 9.93. The monoisotopic (exact) mass is 498 g/mol. The van der Waals surface area contributed by atoms with Gasteiger partial charge < -0.3 is 21.5 Å². The number of hydrogen-bond donors (Lipinski definition) is 3. The lowest BCUT2D eigenvalue weighted by Crippen LogP contribution is -2.39. The van der Waals surface area contributed by atoms with Crippen LogP contribution in [-0.4, -0.2) is 61.4 Å². The molecule has 1 amide bonds. The van der Waals surface area contributed by atoms with Gasteiger partial charge in [-0.05, 0) is 53.2 Å². The van der Waals surface area contributed by atoms with Gasteiger partial charge in [-0.3, -0.25) is 4.79 Å². The van der Waals surface area contributed by atoms with Crippen LogP contribution in [0.2, 0.25) is 0 Å². The van der Waals surface area contributed by atoms with Gasteiger partial charge in [0.25, 0.3) is 0 Å². The van der Waals surface area contributed by atoms with Gasteiger partial charge in [0.1, 0.15) is 12.4 Å². The summed E-state index contributed by atoms with van der Waals surface area (Å²) in [5.74, 6) is 0.909. The first kappa shape index (κ1) is 21.9. The van der Waals surface area contributed by atoms with Crippen molar-refractivity contribution >= 4 is 45.3 Å². The zero-order valence-corrected chi connectivity index (χ0v) is 18.8. The molecule has 0 bridgehead atoms. The summed E-state index contributed by atoms with van der Waals surface area (Å²) in [5, 5.41) is 13.5. The molecule has 0 aliphatic carbocycles. The van der Waals surface area contributed by atoms with E-state index in [-0.39, 0.29) is 11.8 Å². The van der Waals surface area contributed by atoms with Gasteiger partial charge in [-0.1, -0.05) is 0 Å². The average Bonchev–Trinajstić information content (AvgIpc) is 3.26. The van der Waals surface area contributed by atoms with E-state index < -0.39 is 6.61 Å². The van der Waals surface area contributed by atoms with Gasteiger partial charge in [0.05, 0.1) is 16.4 Å². The van der Waals surface area contributed by atoms with E-state index in [4.69, 9.17) is 21.6 Å². The minimum atomic E-state index is -0.466. The molecule has 10 nitrogen and oxygen atoms in total. The van der Waals surface area contributed by atoms with E-state index in [0.29, 0.717) is 34.8 Å². The molecule has 0 aromatic carbocycles. The summed E-state index contributed by atoms with van der Waals surface area (Å²) in [6, 6.07) is 3.71. The van der Waals surface area contributed by atoms with Crippen molar-refractivity contribution in [2.45, 2.75) is 18.8 Å². The fourth-order valence-corrected chi connectivity index (χ4v) is 4.36. The first-order valence-electron chi connectivity index (χ1n) is 10.1. The number of piperidine rings is 1. The van der Waals surface area contributed by atoms with Crippen LogP contribution in [0, 0.1) is 0 Å². The number of nitrogens with zero attached hydrogens (tertiary/aromatic N) is 6. The third-order valence-corrected chi connectivity index (χ3v) is 6.29. The fourth-order valence-electron chi connectivity index (χ4n) is 3.78. The number of hydrogen-bond acceptors (Lipinski definition) is 8. The second-order valence-corrected chi connectivity index (χ2v) is 8.16. The van der Waals surface area contributed by atoms with E-state index in [9.17, 15) is 4.79 Å². The smallest absolute Gasteiger partial charge is 0.248 e. The van der Waals surface area contributed by atoms with Gasteiger partial charge in [0.15, 0.2) is 11.5 Å². The number of allylic oxidation sites excluding steroid dienone is 1. The van der Waals surface area contributed by atoms with Crippen molar-refractivity contribution in [2.24, 2.45) is 10.7 Å². The summed E-state index contributed by atoms with van der Waals surface area (Å²) in [7, 11) is 0. The zero-order valence-electron chi connectivity index (χ0n) is 17.2. The Hall–Kier alpha value is -3.31. The van der Waals surface area contributed by atoms with E-state index in [0.717, 1.165) is 29.7 Å². The molecule has 3 aromatic heterocycles. The van der Waals surface area contributed by atoms with Crippen LogP contribution in [0.3, 0.4) is 0 Å². The lowest BCUT2D eigenvalue weighted by Gasteiger charge is -2.31. The Kier molecular flexibility index (Phi) is 6.47. The highest BCUT2D eigenvalue weighted by Crippen LogP contribution is 2.37. The van der Waals surface area contributed by atoms with Crippen molar-refractivity contribution in [1.82, 2.24) is 24.5 Å². The Balaban J connectivity index is 1.65. The third-order valence-electron chi connectivity index (χ3n) is 5.48.